The normalized spacial score (nSPS) is 29.3. The molecular formula is C15H32N2. The zero-order valence-electron chi connectivity index (χ0n) is 12.7. The van der Waals surface area contributed by atoms with Gasteiger partial charge in [-0.1, -0.05) is 41.5 Å². The van der Waals surface area contributed by atoms with Crippen molar-refractivity contribution in [3.63, 3.8) is 0 Å². The van der Waals surface area contributed by atoms with E-state index in [9.17, 15) is 0 Å². The van der Waals surface area contributed by atoms with Gasteiger partial charge >= 0.3 is 0 Å². The van der Waals surface area contributed by atoms with Crippen LogP contribution in [0.1, 0.15) is 48.0 Å². The maximum absolute atomic E-state index is 3.66. The summed E-state index contributed by atoms with van der Waals surface area (Å²) < 4.78 is 0. The summed E-state index contributed by atoms with van der Waals surface area (Å²) in [5.74, 6) is 1.72. The maximum atomic E-state index is 3.66. The molecule has 1 aliphatic rings. The number of nitrogens with zero attached hydrogens (tertiary/aromatic N) is 1. The Hall–Kier alpha value is -0.0800. The van der Waals surface area contributed by atoms with Crippen molar-refractivity contribution >= 4 is 0 Å². The van der Waals surface area contributed by atoms with E-state index in [1.165, 1.54) is 26.1 Å². The highest BCUT2D eigenvalue weighted by Crippen LogP contribution is 2.25. The number of hydrogen-bond donors (Lipinski definition) is 1. The standard InChI is InChI=1S/C15H32N2/c1-7-16-14(15(4,5)6)11-17-9-12(2)8-13(3)10-17/h12-14,16H,7-11H2,1-6H3. The van der Waals surface area contributed by atoms with Crippen LogP contribution in [0.4, 0.5) is 0 Å². The molecule has 0 aromatic rings. The van der Waals surface area contributed by atoms with E-state index in [0.717, 1.165) is 18.4 Å². The molecule has 0 saturated carbocycles. The smallest absolute Gasteiger partial charge is 0.0243 e. The van der Waals surface area contributed by atoms with Crippen molar-refractivity contribution in [3.8, 4) is 0 Å². The van der Waals surface area contributed by atoms with Crippen molar-refractivity contribution in [1.29, 1.82) is 0 Å². The molecule has 0 amide bonds. The summed E-state index contributed by atoms with van der Waals surface area (Å²) in [7, 11) is 0. The molecule has 1 heterocycles. The molecule has 0 aliphatic carbocycles. The summed E-state index contributed by atoms with van der Waals surface area (Å²) in [6, 6.07) is 0.602. The first kappa shape index (κ1) is 15.0. The number of piperidine rings is 1. The number of likely N-dealkylation sites (N-methyl/N-ethyl adjacent to an activating group) is 1. The van der Waals surface area contributed by atoms with E-state index in [4.69, 9.17) is 0 Å². The first-order chi connectivity index (χ1) is 7.82. The van der Waals surface area contributed by atoms with Crippen LogP contribution in [0.2, 0.25) is 0 Å². The van der Waals surface area contributed by atoms with E-state index in [2.05, 4.69) is 51.8 Å². The van der Waals surface area contributed by atoms with Crippen LogP contribution in [0.15, 0.2) is 0 Å². The Morgan fingerprint density at radius 3 is 2.12 bits per heavy atom. The van der Waals surface area contributed by atoms with Gasteiger partial charge in [0.2, 0.25) is 0 Å². The predicted molar refractivity (Wildman–Crippen MR) is 76.3 cm³/mol. The van der Waals surface area contributed by atoms with E-state index < -0.39 is 0 Å². The summed E-state index contributed by atoms with van der Waals surface area (Å²) in [5, 5.41) is 3.66. The summed E-state index contributed by atoms with van der Waals surface area (Å²) in [4.78, 5) is 2.66. The van der Waals surface area contributed by atoms with Crippen molar-refractivity contribution in [2.24, 2.45) is 17.3 Å². The first-order valence-electron chi connectivity index (χ1n) is 7.28. The Bertz CT molecular complexity index is 209. The second kappa shape index (κ2) is 6.19. The van der Waals surface area contributed by atoms with Crippen LogP contribution in [0.3, 0.4) is 0 Å². The van der Waals surface area contributed by atoms with Crippen molar-refractivity contribution in [1.82, 2.24) is 10.2 Å². The Kier molecular flexibility index (Phi) is 5.46. The average molecular weight is 240 g/mol. The second-order valence-electron chi connectivity index (χ2n) is 7.14. The lowest BCUT2D eigenvalue weighted by Gasteiger charge is -2.40. The fraction of sp³-hybridized carbons (Fsp3) is 1.00. The highest BCUT2D eigenvalue weighted by molar-refractivity contribution is 4.85. The Labute approximate surface area is 108 Å². The first-order valence-corrected chi connectivity index (χ1v) is 7.28. The number of rotatable bonds is 4. The second-order valence-corrected chi connectivity index (χ2v) is 7.14. The van der Waals surface area contributed by atoms with Gasteiger partial charge in [0, 0.05) is 25.7 Å². The van der Waals surface area contributed by atoms with Crippen LogP contribution in [0.25, 0.3) is 0 Å². The predicted octanol–water partition coefficient (Wildman–Crippen LogP) is 2.99. The summed E-state index contributed by atoms with van der Waals surface area (Å²) in [5.41, 5.74) is 0.347. The molecule has 102 valence electrons. The minimum Gasteiger partial charge on any atom is -0.312 e. The molecular weight excluding hydrogens is 208 g/mol. The van der Waals surface area contributed by atoms with Gasteiger partial charge < -0.3 is 10.2 Å². The molecule has 3 unspecified atom stereocenters. The number of likely N-dealkylation sites (tertiary alicyclic amines) is 1. The molecule has 0 spiro atoms. The number of hydrogen-bond acceptors (Lipinski definition) is 2. The van der Waals surface area contributed by atoms with E-state index in [1.54, 1.807) is 0 Å². The third-order valence-electron chi connectivity index (χ3n) is 3.88. The van der Waals surface area contributed by atoms with E-state index in [-0.39, 0.29) is 0 Å². The van der Waals surface area contributed by atoms with Crippen LogP contribution in [-0.4, -0.2) is 37.1 Å². The molecule has 2 heteroatoms. The lowest BCUT2D eigenvalue weighted by atomic mass is 9.85. The van der Waals surface area contributed by atoms with Gasteiger partial charge in [0.1, 0.15) is 0 Å². The molecule has 3 atom stereocenters. The Morgan fingerprint density at radius 2 is 1.71 bits per heavy atom. The molecule has 1 N–H and O–H groups in total. The van der Waals surface area contributed by atoms with Crippen LogP contribution in [0, 0.1) is 17.3 Å². The maximum Gasteiger partial charge on any atom is 0.0243 e. The zero-order chi connectivity index (χ0) is 13.1. The SMILES string of the molecule is CCNC(CN1CC(C)CC(C)C1)C(C)(C)C. The minimum absolute atomic E-state index is 0.347. The zero-order valence-corrected chi connectivity index (χ0v) is 12.7. The van der Waals surface area contributed by atoms with Crippen molar-refractivity contribution < 1.29 is 0 Å². The molecule has 1 saturated heterocycles. The fourth-order valence-corrected chi connectivity index (χ4v) is 3.09. The summed E-state index contributed by atoms with van der Waals surface area (Å²) in [6.07, 6.45) is 1.40. The monoisotopic (exact) mass is 240 g/mol. The van der Waals surface area contributed by atoms with Gasteiger partial charge in [-0.25, -0.2) is 0 Å². The molecule has 0 aromatic carbocycles. The summed E-state index contributed by atoms with van der Waals surface area (Å²) in [6.45, 7) is 18.9. The summed E-state index contributed by atoms with van der Waals surface area (Å²) >= 11 is 0. The average Bonchev–Trinajstić information content (AvgIpc) is 2.13. The highest BCUT2D eigenvalue weighted by Gasteiger charge is 2.29. The molecule has 1 fully saturated rings. The topological polar surface area (TPSA) is 15.3 Å². The highest BCUT2D eigenvalue weighted by atomic mass is 15.2. The van der Waals surface area contributed by atoms with Crippen LogP contribution >= 0.6 is 0 Å². The third kappa shape index (κ3) is 4.97. The molecule has 17 heavy (non-hydrogen) atoms. The van der Waals surface area contributed by atoms with Crippen molar-refractivity contribution in [2.45, 2.75) is 54.0 Å². The molecule has 0 radical (unpaired) electrons. The molecule has 0 aromatic heterocycles. The Balaban J connectivity index is 2.54. The van der Waals surface area contributed by atoms with Gasteiger partial charge in [-0.15, -0.1) is 0 Å². The largest absolute Gasteiger partial charge is 0.312 e. The van der Waals surface area contributed by atoms with Gasteiger partial charge in [-0.05, 0) is 30.2 Å². The minimum atomic E-state index is 0.347. The number of nitrogens with one attached hydrogen (secondary N) is 1. The van der Waals surface area contributed by atoms with Crippen molar-refractivity contribution in [2.75, 3.05) is 26.2 Å². The van der Waals surface area contributed by atoms with Gasteiger partial charge in [-0.2, -0.15) is 0 Å². The lowest BCUT2D eigenvalue weighted by Crippen LogP contribution is -2.51. The van der Waals surface area contributed by atoms with Gasteiger partial charge in [0.05, 0.1) is 0 Å². The quantitative estimate of drug-likeness (QED) is 0.812. The van der Waals surface area contributed by atoms with E-state index in [0.29, 0.717) is 11.5 Å². The molecule has 0 bridgehead atoms. The van der Waals surface area contributed by atoms with Crippen LogP contribution in [-0.2, 0) is 0 Å². The van der Waals surface area contributed by atoms with Gasteiger partial charge in [0.25, 0.3) is 0 Å². The molecule has 2 nitrogen and oxygen atoms in total. The van der Waals surface area contributed by atoms with Gasteiger partial charge in [0.15, 0.2) is 0 Å². The molecule has 1 aliphatic heterocycles. The third-order valence-corrected chi connectivity index (χ3v) is 3.88. The van der Waals surface area contributed by atoms with E-state index in [1.807, 2.05) is 0 Å². The van der Waals surface area contributed by atoms with E-state index >= 15 is 0 Å². The van der Waals surface area contributed by atoms with Crippen LogP contribution in [0.5, 0.6) is 0 Å². The van der Waals surface area contributed by atoms with Crippen molar-refractivity contribution in [3.05, 3.63) is 0 Å². The molecule has 1 rings (SSSR count). The van der Waals surface area contributed by atoms with Gasteiger partial charge in [-0.3, -0.25) is 0 Å². The fourth-order valence-electron chi connectivity index (χ4n) is 3.09. The Morgan fingerprint density at radius 1 is 1.18 bits per heavy atom. The lowest BCUT2D eigenvalue weighted by molar-refractivity contribution is 0.104. The van der Waals surface area contributed by atoms with Crippen LogP contribution < -0.4 is 5.32 Å².